The Balaban J connectivity index is 1.90. The maximum Gasteiger partial charge on any atom is 0.255 e. The average molecular weight is 298 g/mol. The number of phenols is 1. The largest absolute Gasteiger partial charge is 0.506 e. The molecule has 0 fully saturated rings. The minimum absolute atomic E-state index is 0.0111. The lowest BCUT2D eigenvalue weighted by Crippen LogP contribution is -2.26. The van der Waals surface area contributed by atoms with Gasteiger partial charge in [-0.3, -0.25) is 4.79 Å². The van der Waals surface area contributed by atoms with Crippen molar-refractivity contribution >= 4 is 28.0 Å². The van der Waals surface area contributed by atoms with Crippen LogP contribution in [0, 0.1) is 0 Å². The van der Waals surface area contributed by atoms with Crippen molar-refractivity contribution < 1.29 is 9.90 Å². The van der Waals surface area contributed by atoms with E-state index in [1.165, 1.54) is 11.3 Å². The maximum absolute atomic E-state index is 12.3. The first-order valence-corrected chi connectivity index (χ1v) is 7.46. The second kappa shape index (κ2) is 5.54. The van der Waals surface area contributed by atoms with Crippen LogP contribution >= 0.6 is 11.3 Å². The van der Waals surface area contributed by atoms with Crippen molar-refractivity contribution in [1.82, 2.24) is 10.3 Å². The van der Waals surface area contributed by atoms with Crippen LogP contribution in [0.2, 0.25) is 0 Å². The quantitative estimate of drug-likeness (QED) is 0.778. The zero-order chi connectivity index (χ0) is 14.8. The normalized spacial score (nSPS) is 12.2. The second-order valence-corrected chi connectivity index (χ2v) is 5.67. The number of benzene rings is 2. The predicted octanol–water partition coefficient (Wildman–Crippen LogP) is 3.49. The van der Waals surface area contributed by atoms with Crippen molar-refractivity contribution in [2.75, 3.05) is 0 Å². The number of amides is 1. The first-order chi connectivity index (χ1) is 10.2. The molecule has 0 saturated heterocycles. The molecule has 1 aromatic heterocycles. The zero-order valence-electron chi connectivity index (χ0n) is 11.4. The Morgan fingerprint density at radius 1 is 1.29 bits per heavy atom. The van der Waals surface area contributed by atoms with Gasteiger partial charge >= 0.3 is 0 Å². The summed E-state index contributed by atoms with van der Waals surface area (Å²) in [4.78, 5) is 16.5. The average Bonchev–Trinajstić information content (AvgIpc) is 3.02. The smallest absolute Gasteiger partial charge is 0.255 e. The van der Waals surface area contributed by atoms with Crippen LogP contribution in [0.15, 0.2) is 48.0 Å². The highest BCUT2D eigenvalue weighted by Crippen LogP contribution is 2.29. The second-order valence-electron chi connectivity index (χ2n) is 4.75. The molecule has 4 nitrogen and oxygen atoms in total. The third kappa shape index (κ3) is 2.60. The van der Waals surface area contributed by atoms with Gasteiger partial charge in [0.05, 0.1) is 11.6 Å². The summed E-state index contributed by atoms with van der Waals surface area (Å²) in [6.07, 6.45) is 1.70. The number of aromatic nitrogens is 1. The number of aromatic hydroxyl groups is 1. The molecule has 1 amide bonds. The van der Waals surface area contributed by atoms with E-state index in [1.54, 1.807) is 18.3 Å². The van der Waals surface area contributed by atoms with Crippen LogP contribution in [0.3, 0.4) is 0 Å². The van der Waals surface area contributed by atoms with Gasteiger partial charge in [0.1, 0.15) is 10.8 Å². The lowest BCUT2D eigenvalue weighted by Gasteiger charge is -2.13. The van der Waals surface area contributed by atoms with Gasteiger partial charge in [0.15, 0.2) is 0 Å². The summed E-state index contributed by atoms with van der Waals surface area (Å²) < 4.78 is 0. The number of thiazole rings is 1. The number of carbonyl (C=O) groups is 1. The van der Waals surface area contributed by atoms with Crippen LogP contribution in [0.1, 0.15) is 28.3 Å². The van der Waals surface area contributed by atoms with Crippen molar-refractivity contribution in [3.63, 3.8) is 0 Å². The van der Waals surface area contributed by atoms with E-state index in [4.69, 9.17) is 0 Å². The summed E-state index contributed by atoms with van der Waals surface area (Å²) in [5.41, 5.74) is 0.275. The van der Waals surface area contributed by atoms with Crippen LogP contribution in [0.25, 0.3) is 10.8 Å². The standard InChI is InChI=1S/C16H14N2O2S/c1-10(16-17-8-9-21-16)18-15(20)13-7-6-11-4-2-3-5-12(11)14(13)19/h2-10,19H,1H3,(H,18,20). The maximum atomic E-state index is 12.3. The first kappa shape index (κ1) is 13.6. The Labute approximate surface area is 126 Å². The van der Waals surface area contributed by atoms with Crippen molar-refractivity contribution in [1.29, 1.82) is 0 Å². The van der Waals surface area contributed by atoms with Crippen LogP contribution < -0.4 is 5.32 Å². The number of hydrogen-bond acceptors (Lipinski definition) is 4. The molecule has 0 bridgehead atoms. The van der Waals surface area contributed by atoms with Gasteiger partial charge in [0, 0.05) is 17.0 Å². The molecule has 0 aliphatic heterocycles. The molecule has 0 radical (unpaired) electrons. The van der Waals surface area contributed by atoms with E-state index < -0.39 is 0 Å². The molecule has 5 heteroatoms. The van der Waals surface area contributed by atoms with Gasteiger partial charge in [-0.2, -0.15) is 0 Å². The van der Waals surface area contributed by atoms with Crippen molar-refractivity contribution in [3.8, 4) is 5.75 Å². The van der Waals surface area contributed by atoms with Gasteiger partial charge in [-0.1, -0.05) is 30.3 Å². The Morgan fingerprint density at radius 3 is 2.86 bits per heavy atom. The summed E-state index contributed by atoms with van der Waals surface area (Å²) in [6.45, 7) is 1.87. The highest BCUT2D eigenvalue weighted by molar-refractivity contribution is 7.09. The SMILES string of the molecule is CC(NC(=O)c1ccc2ccccc2c1O)c1nccs1. The van der Waals surface area contributed by atoms with Gasteiger partial charge in [-0.05, 0) is 18.4 Å². The zero-order valence-corrected chi connectivity index (χ0v) is 12.2. The third-order valence-corrected chi connectivity index (χ3v) is 4.27. The van der Waals surface area contributed by atoms with Crippen molar-refractivity contribution in [2.24, 2.45) is 0 Å². The molecule has 2 N–H and O–H groups in total. The van der Waals surface area contributed by atoms with Gasteiger partial charge in [0.25, 0.3) is 5.91 Å². The van der Waals surface area contributed by atoms with E-state index in [1.807, 2.05) is 36.6 Å². The number of hydrogen-bond donors (Lipinski definition) is 2. The molecule has 3 rings (SSSR count). The highest BCUT2D eigenvalue weighted by Gasteiger charge is 2.17. The Morgan fingerprint density at radius 2 is 2.10 bits per heavy atom. The number of nitrogens with zero attached hydrogens (tertiary/aromatic N) is 1. The first-order valence-electron chi connectivity index (χ1n) is 6.58. The fourth-order valence-corrected chi connectivity index (χ4v) is 2.87. The van der Waals surface area contributed by atoms with Crippen LogP contribution in [-0.4, -0.2) is 16.0 Å². The van der Waals surface area contributed by atoms with Crippen molar-refractivity contribution in [3.05, 3.63) is 58.5 Å². The van der Waals surface area contributed by atoms with E-state index >= 15 is 0 Å². The number of rotatable bonds is 3. The lowest BCUT2D eigenvalue weighted by molar-refractivity contribution is 0.0937. The lowest BCUT2D eigenvalue weighted by atomic mass is 10.0. The summed E-state index contributed by atoms with van der Waals surface area (Å²) in [6, 6.07) is 10.7. The van der Waals surface area contributed by atoms with E-state index in [0.717, 1.165) is 10.4 Å². The molecule has 0 aliphatic carbocycles. The van der Waals surface area contributed by atoms with Gasteiger partial charge < -0.3 is 10.4 Å². The van der Waals surface area contributed by atoms with E-state index in [-0.39, 0.29) is 23.3 Å². The molecule has 3 aromatic rings. The molecule has 0 saturated carbocycles. The van der Waals surface area contributed by atoms with Gasteiger partial charge in [0.2, 0.25) is 0 Å². The Hall–Kier alpha value is -2.40. The van der Waals surface area contributed by atoms with Crippen LogP contribution in [-0.2, 0) is 0 Å². The summed E-state index contributed by atoms with van der Waals surface area (Å²) >= 11 is 1.49. The molecule has 21 heavy (non-hydrogen) atoms. The molecular weight excluding hydrogens is 284 g/mol. The van der Waals surface area contributed by atoms with Crippen LogP contribution in [0.5, 0.6) is 5.75 Å². The number of nitrogens with one attached hydrogen (secondary N) is 1. The summed E-state index contributed by atoms with van der Waals surface area (Å²) in [5, 5.41) is 17.4. The topological polar surface area (TPSA) is 62.2 Å². The summed E-state index contributed by atoms with van der Waals surface area (Å²) in [7, 11) is 0. The molecular formula is C16H14N2O2S. The number of carbonyl (C=O) groups excluding carboxylic acids is 1. The fraction of sp³-hybridized carbons (Fsp3) is 0.125. The van der Waals surface area contributed by atoms with Crippen molar-refractivity contribution in [2.45, 2.75) is 13.0 Å². The van der Waals surface area contributed by atoms with Gasteiger partial charge in [-0.15, -0.1) is 11.3 Å². The third-order valence-electron chi connectivity index (χ3n) is 3.31. The van der Waals surface area contributed by atoms with Crippen LogP contribution in [0.4, 0.5) is 0 Å². The molecule has 0 aliphatic rings. The van der Waals surface area contributed by atoms with E-state index in [9.17, 15) is 9.90 Å². The monoisotopic (exact) mass is 298 g/mol. The molecule has 106 valence electrons. The van der Waals surface area contributed by atoms with Gasteiger partial charge in [-0.25, -0.2) is 4.98 Å². The molecule has 2 aromatic carbocycles. The molecule has 1 heterocycles. The number of fused-ring (bicyclic) bond motifs is 1. The van der Waals surface area contributed by atoms with E-state index in [0.29, 0.717) is 5.39 Å². The minimum atomic E-state index is -0.305. The summed E-state index contributed by atoms with van der Waals surface area (Å²) in [5.74, 6) is -0.294. The predicted molar refractivity (Wildman–Crippen MR) is 83.6 cm³/mol. The van der Waals surface area contributed by atoms with E-state index in [2.05, 4.69) is 10.3 Å². The molecule has 1 unspecified atom stereocenters. The Kier molecular flexibility index (Phi) is 3.58. The Bertz CT molecular complexity index is 784. The molecule has 0 spiro atoms. The minimum Gasteiger partial charge on any atom is -0.506 e. The fourth-order valence-electron chi connectivity index (χ4n) is 2.22. The molecule has 1 atom stereocenters. The number of phenolic OH excluding ortho intramolecular Hbond substituents is 1. The highest BCUT2D eigenvalue weighted by atomic mass is 32.1.